The Morgan fingerprint density at radius 3 is 1.57 bits per heavy atom. The van der Waals surface area contributed by atoms with Gasteiger partial charge in [0.2, 0.25) is 0 Å². The highest BCUT2D eigenvalue weighted by molar-refractivity contribution is 9.51. The molecule has 0 radical (unpaired) electrons. The van der Waals surface area contributed by atoms with Crippen LogP contribution in [-0.4, -0.2) is 33.6 Å². The van der Waals surface area contributed by atoms with Crippen LogP contribution in [0.2, 0.25) is 17.0 Å². The van der Waals surface area contributed by atoms with Crippen LogP contribution in [0.15, 0.2) is 0 Å². The molecule has 0 aromatic rings. The topological polar surface area (TPSA) is 0 Å². The van der Waals surface area contributed by atoms with Crippen molar-refractivity contribution in [2.24, 2.45) is 0 Å². The van der Waals surface area contributed by atoms with Gasteiger partial charge in [0.15, 0.2) is 21.5 Å². The molecule has 2 saturated heterocycles. The minimum Gasteiger partial charge on any atom is -0.171 e. The molecule has 0 spiro atoms. The first-order chi connectivity index (χ1) is 6.32. The van der Waals surface area contributed by atoms with E-state index in [0.29, 0.717) is 0 Å². The van der Waals surface area contributed by atoms with Crippen LogP contribution in [0, 0.1) is 0 Å². The molecule has 0 aliphatic carbocycles. The van der Waals surface area contributed by atoms with Crippen molar-refractivity contribution in [2.45, 2.75) is 21.6 Å². The lowest BCUT2D eigenvalue weighted by molar-refractivity contribution is 1.57. The van der Waals surface area contributed by atoms with Gasteiger partial charge in [-0.1, -0.05) is 0 Å². The third-order valence-electron chi connectivity index (χ3n) is 2.18. The third kappa shape index (κ3) is 4.81. The van der Waals surface area contributed by atoms with E-state index < -0.39 is 21.5 Å². The van der Waals surface area contributed by atoms with E-state index in [-0.39, 0.29) is 12.0 Å². The van der Waals surface area contributed by atoms with E-state index in [0.717, 1.165) is 5.67 Å². The maximum Gasteiger partial charge on any atom is 0.197 e. The average Bonchev–Trinajstić information content (AvgIpc) is 2.02. The van der Waals surface area contributed by atoms with Gasteiger partial charge in [0.25, 0.3) is 0 Å². The highest BCUT2D eigenvalue weighted by atomic mass is 79.9. The Labute approximate surface area is 128 Å². The van der Waals surface area contributed by atoms with Gasteiger partial charge in [0.05, 0.1) is 0 Å². The maximum absolute atomic E-state index is 5.75. The van der Waals surface area contributed by atoms with E-state index in [9.17, 15) is 0 Å². The average molecular weight is 517 g/mol. The second-order valence-electron chi connectivity index (χ2n) is 3.57. The van der Waals surface area contributed by atoms with Crippen molar-refractivity contribution in [3.63, 3.8) is 0 Å². The summed E-state index contributed by atoms with van der Waals surface area (Å²) in [6.07, 6.45) is 0. The van der Waals surface area contributed by atoms with Crippen molar-refractivity contribution >= 4 is 109 Å². The Morgan fingerprint density at radius 2 is 1.57 bits per heavy atom. The number of alkyl halides is 1. The van der Waals surface area contributed by atoms with E-state index in [1.165, 1.54) is 11.3 Å². The van der Waals surface area contributed by atoms with Crippen molar-refractivity contribution in [2.75, 3.05) is 0 Å². The SMILES string of the molecule is Br[SiH]1C[Si](Br)(Br)C1.ClC1[SiH](Cl)C[SiH]1Cl. The summed E-state index contributed by atoms with van der Waals surface area (Å²) in [6.45, 7) is 0. The standard InChI is InChI=1S/C2H5Br3Si2.C2H5Cl3Si2/c3-6-1-7(4,5)2-6;3-2-6(4)1-7(2)5/h6H,1-2H2;2,6-7H,1H2. The summed E-state index contributed by atoms with van der Waals surface area (Å²) in [7, 11) is -2.22. The molecule has 0 bridgehead atoms. The van der Waals surface area contributed by atoms with Gasteiger partial charge in [-0.05, 0) is 17.0 Å². The van der Waals surface area contributed by atoms with Crippen molar-refractivity contribution in [1.29, 1.82) is 0 Å². The molecule has 0 amide bonds. The first kappa shape index (κ1) is 15.2. The molecule has 10 heteroatoms. The van der Waals surface area contributed by atoms with Crippen LogP contribution in [-0.2, 0) is 0 Å². The molecule has 2 unspecified atom stereocenters. The van der Waals surface area contributed by atoms with Crippen LogP contribution in [0.25, 0.3) is 0 Å². The van der Waals surface area contributed by atoms with E-state index >= 15 is 0 Å². The fourth-order valence-corrected chi connectivity index (χ4v) is 59.5. The van der Waals surface area contributed by atoms with Crippen molar-refractivity contribution < 1.29 is 0 Å². The van der Waals surface area contributed by atoms with Gasteiger partial charge in [-0.3, -0.25) is 0 Å². The minimum atomic E-state index is -0.954. The van der Waals surface area contributed by atoms with Crippen LogP contribution < -0.4 is 0 Å². The van der Waals surface area contributed by atoms with E-state index in [2.05, 4.69) is 45.9 Å². The molecule has 0 aromatic carbocycles. The molecule has 2 atom stereocenters. The third-order valence-corrected chi connectivity index (χ3v) is 44.7. The minimum absolute atomic E-state index is 0.281. The Hall–Kier alpha value is 3.18. The van der Waals surface area contributed by atoms with Crippen molar-refractivity contribution in [3.8, 4) is 0 Å². The van der Waals surface area contributed by atoms with Gasteiger partial charge < -0.3 is 0 Å². The normalized spacial score (nSPS) is 40.3. The molecular formula is C4H10Br3Cl3Si4. The lowest BCUT2D eigenvalue weighted by atomic mass is 11.7. The number of halogens is 6. The second kappa shape index (κ2) is 6.38. The van der Waals surface area contributed by atoms with Gasteiger partial charge in [0, 0.05) is 4.62 Å². The summed E-state index contributed by atoms with van der Waals surface area (Å²) in [6, 6.07) is 0. The predicted molar refractivity (Wildman–Crippen MR) is 89.8 cm³/mol. The molecule has 14 heavy (non-hydrogen) atoms. The van der Waals surface area contributed by atoms with Crippen LogP contribution >= 0.6 is 79.6 Å². The zero-order valence-corrected chi connectivity index (χ0v) is 18.7. The zero-order chi connectivity index (χ0) is 10.9. The molecule has 0 nitrogen and oxygen atoms in total. The van der Waals surface area contributed by atoms with Crippen LogP contribution in [0.3, 0.4) is 0 Å². The van der Waals surface area contributed by atoms with E-state index in [1.54, 1.807) is 0 Å². The quantitative estimate of drug-likeness (QED) is 0.263. The summed E-state index contributed by atoms with van der Waals surface area (Å²) < 4.78 is 0.281. The monoisotopic (exact) mass is 512 g/mol. The first-order valence-electron chi connectivity index (χ1n) is 4.26. The highest BCUT2D eigenvalue weighted by Crippen LogP contribution is 2.43. The fraction of sp³-hybridized carbons (Fsp3) is 1.00. The van der Waals surface area contributed by atoms with Gasteiger partial charge in [-0.2, -0.15) is 22.2 Å². The largest absolute Gasteiger partial charge is 0.197 e. The van der Waals surface area contributed by atoms with Gasteiger partial charge in [-0.25, -0.2) is 0 Å². The van der Waals surface area contributed by atoms with Crippen molar-refractivity contribution in [3.05, 3.63) is 0 Å². The molecule has 2 rings (SSSR count). The van der Waals surface area contributed by atoms with Gasteiger partial charge in [0.1, 0.15) is 7.42 Å². The zero-order valence-electron chi connectivity index (χ0n) is 7.20. The first-order valence-corrected chi connectivity index (χ1v) is 22.9. The second-order valence-corrected chi connectivity index (χ2v) is 36.8. The number of rotatable bonds is 0. The Bertz CT molecular complexity index is 192. The molecule has 2 aliphatic heterocycles. The molecular weight excluding hydrogens is 506 g/mol. The molecule has 2 fully saturated rings. The molecule has 2 aliphatic rings. The summed E-state index contributed by atoms with van der Waals surface area (Å²) in [5, 5.41) is -0.874. The Kier molecular flexibility index (Phi) is 6.94. The van der Waals surface area contributed by atoms with E-state index in [4.69, 9.17) is 33.8 Å². The Morgan fingerprint density at radius 1 is 1.14 bits per heavy atom. The van der Waals surface area contributed by atoms with Gasteiger partial charge >= 0.3 is 0 Å². The van der Waals surface area contributed by atoms with E-state index in [1.807, 2.05) is 0 Å². The predicted octanol–water partition coefficient (Wildman–Crippen LogP) is 3.58. The van der Waals surface area contributed by atoms with Gasteiger partial charge in [-0.15, -0.1) is 57.5 Å². The molecule has 84 valence electrons. The lowest BCUT2D eigenvalue weighted by Gasteiger charge is -2.31. The number of hydrogen-bond donors (Lipinski definition) is 0. The molecule has 0 N–H and O–H groups in total. The summed E-state index contributed by atoms with van der Waals surface area (Å²) in [5.41, 5.74) is 4.07. The fourth-order valence-electron chi connectivity index (χ4n) is 1.09. The lowest BCUT2D eigenvalue weighted by Crippen LogP contribution is -2.47. The smallest absolute Gasteiger partial charge is 0.171 e. The summed E-state index contributed by atoms with van der Waals surface area (Å²) in [5.74, 6) is 0. The summed E-state index contributed by atoms with van der Waals surface area (Å²) >= 11 is 28.2. The summed E-state index contributed by atoms with van der Waals surface area (Å²) in [4.78, 5) is 0. The van der Waals surface area contributed by atoms with Crippen molar-refractivity contribution in [1.82, 2.24) is 0 Å². The maximum atomic E-state index is 5.75. The Balaban J connectivity index is 0.000000140. The highest BCUT2D eigenvalue weighted by Gasteiger charge is 2.42. The van der Waals surface area contributed by atoms with Crippen LogP contribution in [0.4, 0.5) is 0 Å². The number of hydrogen-bond acceptors (Lipinski definition) is 0. The molecule has 2 heterocycles. The van der Waals surface area contributed by atoms with Crippen LogP contribution in [0.1, 0.15) is 0 Å². The molecule has 0 aromatic heterocycles. The molecule has 0 saturated carbocycles. The van der Waals surface area contributed by atoms with Crippen LogP contribution in [0.5, 0.6) is 0 Å².